The molecule has 0 N–H and O–H groups in total. The molecule has 1 spiro atoms. The molecule has 164 valence electrons. The van der Waals surface area contributed by atoms with Gasteiger partial charge in [0.05, 0.1) is 0 Å². The molecule has 3 rings (SSSR count). The summed E-state index contributed by atoms with van der Waals surface area (Å²) in [6.45, 7) is 21.3. The first-order valence-electron chi connectivity index (χ1n) is 12.6. The summed E-state index contributed by atoms with van der Waals surface area (Å²) in [6, 6.07) is 1.49. The van der Waals surface area contributed by atoms with E-state index >= 15 is 0 Å². The molecule has 0 saturated carbocycles. The third-order valence-electron chi connectivity index (χ3n) is 8.45. The summed E-state index contributed by atoms with van der Waals surface area (Å²) in [4.78, 5) is 8.25. The highest BCUT2D eigenvalue weighted by Gasteiger charge is 2.38. The summed E-state index contributed by atoms with van der Waals surface area (Å²) in [5.74, 6) is 1.87. The number of nitrogens with zero attached hydrogens (tertiary/aromatic N) is 3. The largest absolute Gasteiger partial charge is 0.303 e. The first-order valence-corrected chi connectivity index (χ1v) is 12.6. The number of piperidine rings is 3. The molecule has 3 fully saturated rings. The standard InChI is InChI=1S/C25H49N3/c1-21(2)20-24-7-14-26(15-8-24)13-6-23(5)28-18-11-25(12-19-28)9-16-27(17-10-25)22(3)4/h21-24H,6-20H2,1-5H3. The van der Waals surface area contributed by atoms with Crippen molar-refractivity contribution in [3.05, 3.63) is 0 Å². The smallest absolute Gasteiger partial charge is 0.00791 e. The Hall–Kier alpha value is -0.120. The average Bonchev–Trinajstić information content (AvgIpc) is 2.68. The normalized spacial score (nSPS) is 27.1. The molecule has 3 aliphatic rings. The van der Waals surface area contributed by atoms with Crippen LogP contribution < -0.4 is 0 Å². The van der Waals surface area contributed by atoms with E-state index in [1.54, 1.807) is 0 Å². The van der Waals surface area contributed by atoms with Gasteiger partial charge in [0.25, 0.3) is 0 Å². The third kappa shape index (κ3) is 6.19. The maximum Gasteiger partial charge on any atom is 0.00791 e. The molecule has 0 amide bonds. The average molecular weight is 392 g/mol. The van der Waals surface area contributed by atoms with Gasteiger partial charge in [0, 0.05) is 12.1 Å². The van der Waals surface area contributed by atoms with Crippen molar-refractivity contribution in [3.8, 4) is 0 Å². The van der Waals surface area contributed by atoms with Crippen molar-refractivity contribution in [2.45, 2.75) is 98.1 Å². The van der Waals surface area contributed by atoms with Gasteiger partial charge in [-0.2, -0.15) is 0 Å². The Labute approximate surface area is 176 Å². The van der Waals surface area contributed by atoms with Gasteiger partial charge in [-0.05, 0) is 135 Å². The Morgan fingerprint density at radius 3 is 1.79 bits per heavy atom. The zero-order valence-corrected chi connectivity index (χ0v) is 19.8. The van der Waals surface area contributed by atoms with Crippen LogP contribution in [0.4, 0.5) is 0 Å². The van der Waals surface area contributed by atoms with Gasteiger partial charge in [-0.25, -0.2) is 0 Å². The first kappa shape index (κ1) is 22.6. The zero-order valence-electron chi connectivity index (χ0n) is 19.8. The molecule has 0 radical (unpaired) electrons. The lowest BCUT2D eigenvalue weighted by Gasteiger charge is -2.49. The van der Waals surface area contributed by atoms with Crippen LogP contribution >= 0.6 is 0 Å². The van der Waals surface area contributed by atoms with Gasteiger partial charge in [-0.15, -0.1) is 0 Å². The van der Waals surface area contributed by atoms with Crippen LogP contribution in [0.1, 0.15) is 86.0 Å². The highest BCUT2D eigenvalue weighted by atomic mass is 15.2. The van der Waals surface area contributed by atoms with Crippen molar-refractivity contribution < 1.29 is 0 Å². The van der Waals surface area contributed by atoms with Gasteiger partial charge >= 0.3 is 0 Å². The Balaban J connectivity index is 1.33. The molecule has 0 aliphatic carbocycles. The number of hydrogen-bond acceptors (Lipinski definition) is 3. The van der Waals surface area contributed by atoms with E-state index in [1.807, 2.05) is 0 Å². The fraction of sp³-hybridized carbons (Fsp3) is 1.00. The van der Waals surface area contributed by atoms with Crippen molar-refractivity contribution in [1.29, 1.82) is 0 Å². The lowest BCUT2D eigenvalue weighted by atomic mass is 9.71. The Bertz CT molecular complexity index is 435. The summed E-state index contributed by atoms with van der Waals surface area (Å²) >= 11 is 0. The van der Waals surface area contributed by atoms with Crippen LogP contribution in [0, 0.1) is 17.3 Å². The van der Waals surface area contributed by atoms with E-state index < -0.39 is 0 Å². The minimum Gasteiger partial charge on any atom is -0.303 e. The summed E-state index contributed by atoms with van der Waals surface area (Å²) in [7, 11) is 0. The molecule has 1 atom stereocenters. The molecule has 28 heavy (non-hydrogen) atoms. The summed E-state index contributed by atoms with van der Waals surface area (Å²) in [5, 5.41) is 0. The topological polar surface area (TPSA) is 9.72 Å². The third-order valence-corrected chi connectivity index (χ3v) is 8.45. The van der Waals surface area contributed by atoms with E-state index in [-0.39, 0.29) is 0 Å². The molecule has 0 aromatic carbocycles. The number of rotatable bonds is 7. The van der Waals surface area contributed by atoms with Crippen LogP contribution in [0.3, 0.4) is 0 Å². The highest BCUT2D eigenvalue weighted by molar-refractivity contribution is 4.92. The van der Waals surface area contributed by atoms with Crippen molar-refractivity contribution in [1.82, 2.24) is 14.7 Å². The molecule has 3 heteroatoms. The fourth-order valence-corrected chi connectivity index (χ4v) is 6.12. The molecule has 0 bridgehead atoms. The lowest BCUT2D eigenvalue weighted by molar-refractivity contribution is 0.0117. The van der Waals surface area contributed by atoms with E-state index in [2.05, 4.69) is 49.3 Å². The molecule has 3 heterocycles. The summed E-state index contributed by atoms with van der Waals surface area (Å²) in [5.41, 5.74) is 0.680. The maximum absolute atomic E-state index is 2.81. The second kappa shape index (κ2) is 10.3. The zero-order chi connectivity index (χ0) is 20.1. The van der Waals surface area contributed by atoms with E-state index in [4.69, 9.17) is 0 Å². The molecule has 3 saturated heterocycles. The summed E-state index contributed by atoms with van der Waals surface area (Å²) < 4.78 is 0. The Morgan fingerprint density at radius 1 is 0.750 bits per heavy atom. The van der Waals surface area contributed by atoms with Crippen molar-refractivity contribution in [3.63, 3.8) is 0 Å². The van der Waals surface area contributed by atoms with Gasteiger partial charge in [-0.3, -0.25) is 0 Å². The molecule has 0 aromatic rings. The van der Waals surface area contributed by atoms with E-state index in [0.717, 1.165) is 23.9 Å². The van der Waals surface area contributed by atoms with Gasteiger partial charge < -0.3 is 14.7 Å². The Kier molecular flexibility index (Phi) is 8.27. The van der Waals surface area contributed by atoms with Gasteiger partial charge in [-0.1, -0.05) is 13.8 Å². The monoisotopic (exact) mass is 391 g/mol. The minimum atomic E-state index is 0.680. The first-order chi connectivity index (χ1) is 13.4. The van der Waals surface area contributed by atoms with Crippen LogP contribution in [0.15, 0.2) is 0 Å². The molecular formula is C25H49N3. The Morgan fingerprint density at radius 2 is 1.29 bits per heavy atom. The quantitative estimate of drug-likeness (QED) is 0.597. The molecule has 3 aliphatic heterocycles. The minimum absolute atomic E-state index is 0.680. The predicted molar refractivity (Wildman–Crippen MR) is 122 cm³/mol. The van der Waals surface area contributed by atoms with Crippen molar-refractivity contribution in [2.75, 3.05) is 45.8 Å². The highest BCUT2D eigenvalue weighted by Crippen LogP contribution is 2.42. The molecule has 3 nitrogen and oxygen atoms in total. The van der Waals surface area contributed by atoms with Gasteiger partial charge in [0.2, 0.25) is 0 Å². The van der Waals surface area contributed by atoms with Crippen LogP contribution in [-0.4, -0.2) is 72.6 Å². The van der Waals surface area contributed by atoms with E-state index in [1.165, 1.54) is 97.2 Å². The molecular weight excluding hydrogens is 342 g/mol. The number of hydrogen-bond donors (Lipinski definition) is 0. The molecule has 1 unspecified atom stereocenters. The van der Waals surface area contributed by atoms with Gasteiger partial charge in [0.15, 0.2) is 0 Å². The van der Waals surface area contributed by atoms with Crippen LogP contribution in [-0.2, 0) is 0 Å². The summed E-state index contributed by atoms with van der Waals surface area (Å²) in [6.07, 6.45) is 11.5. The number of likely N-dealkylation sites (tertiary alicyclic amines) is 3. The second-order valence-corrected chi connectivity index (χ2v) is 11.2. The van der Waals surface area contributed by atoms with Crippen LogP contribution in [0.25, 0.3) is 0 Å². The molecule has 0 aromatic heterocycles. The fourth-order valence-electron chi connectivity index (χ4n) is 6.12. The van der Waals surface area contributed by atoms with Gasteiger partial charge in [0.1, 0.15) is 0 Å². The predicted octanol–water partition coefficient (Wildman–Crippen LogP) is 5.11. The SMILES string of the molecule is CC(C)CC1CCN(CCC(C)N2CCC3(CCN(C(C)C)CC3)CC2)CC1. The van der Waals surface area contributed by atoms with Crippen molar-refractivity contribution in [2.24, 2.45) is 17.3 Å². The van der Waals surface area contributed by atoms with E-state index in [0.29, 0.717) is 5.41 Å². The van der Waals surface area contributed by atoms with Crippen LogP contribution in [0.5, 0.6) is 0 Å². The van der Waals surface area contributed by atoms with Crippen molar-refractivity contribution >= 4 is 0 Å². The second-order valence-electron chi connectivity index (χ2n) is 11.2. The maximum atomic E-state index is 2.81. The van der Waals surface area contributed by atoms with E-state index in [9.17, 15) is 0 Å². The van der Waals surface area contributed by atoms with Crippen LogP contribution in [0.2, 0.25) is 0 Å². The lowest BCUT2D eigenvalue weighted by Crippen LogP contribution is -2.50.